The maximum atomic E-state index is 5.66. The van der Waals surface area contributed by atoms with Crippen LogP contribution in [-0.4, -0.2) is 38.0 Å². The van der Waals surface area contributed by atoms with Crippen LogP contribution in [0.2, 0.25) is 0 Å². The Morgan fingerprint density at radius 3 is 2.50 bits per heavy atom. The van der Waals surface area contributed by atoms with Crippen molar-refractivity contribution in [2.24, 2.45) is 5.92 Å². The first-order valence-electron chi connectivity index (χ1n) is 8.40. The average Bonchev–Trinajstić information content (AvgIpc) is 2.39. The number of ether oxygens (including phenoxy) is 2. The van der Waals surface area contributed by atoms with Crippen LogP contribution in [0.1, 0.15) is 66.2 Å². The van der Waals surface area contributed by atoms with Crippen molar-refractivity contribution in [1.82, 2.24) is 5.32 Å². The fourth-order valence-electron chi connectivity index (χ4n) is 2.92. The summed E-state index contributed by atoms with van der Waals surface area (Å²) in [5.74, 6) is 0.853. The van der Waals surface area contributed by atoms with Crippen molar-refractivity contribution in [3.63, 3.8) is 0 Å². The van der Waals surface area contributed by atoms with Crippen LogP contribution in [0.15, 0.2) is 0 Å². The molecule has 0 aromatic heterocycles. The van der Waals surface area contributed by atoms with Gasteiger partial charge in [0.05, 0.1) is 11.7 Å². The van der Waals surface area contributed by atoms with E-state index in [0.717, 1.165) is 25.5 Å². The lowest BCUT2D eigenvalue weighted by Gasteiger charge is -2.37. The molecule has 1 rings (SSSR count). The van der Waals surface area contributed by atoms with Crippen molar-refractivity contribution in [1.29, 1.82) is 0 Å². The molecule has 0 bridgehead atoms. The Kier molecular flexibility index (Phi) is 8.08. The molecule has 120 valence electrons. The van der Waals surface area contributed by atoms with Crippen molar-refractivity contribution in [2.45, 2.75) is 84.0 Å². The molecule has 1 atom stereocenters. The SMILES string of the molecule is CCCNC(CCC(C)(C)OC)CC1CC(OCC)C1. The average molecular weight is 285 g/mol. The van der Waals surface area contributed by atoms with E-state index in [1.54, 1.807) is 0 Å². The summed E-state index contributed by atoms with van der Waals surface area (Å²) < 4.78 is 11.2. The molecule has 0 amide bonds. The van der Waals surface area contributed by atoms with E-state index in [2.05, 4.69) is 33.0 Å². The monoisotopic (exact) mass is 285 g/mol. The van der Waals surface area contributed by atoms with Crippen LogP contribution >= 0.6 is 0 Å². The van der Waals surface area contributed by atoms with Crippen LogP contribution in [-0.2, 0) is 9.47 Å². The Morgan fingerprint density at radius 1 is 1.25 bits per heavy atom. The van der Waals surface area contributed by atoms with Gasteiger partial charge in [-0.2, -0.15) is 0 Å². The van der Waals surface area contributed by atoms with E-state index in [4.69, 9.17) is 9.47 Å². The number of hydrogen-bond acceptors (Lipinski definition) is 3. The summed E-state index contributed by atoms with van der Waals surface area (Å²) in [6, 6.07) is 0.636. The van der Waals surface area contributed by atoms with Crippen molar-refractivity contribution in [2.75, 3.05) is 20.3 Å². The van der Waals surface area contributed by atoms with Crippen molar-refractivity contribution in [3.8, 4) is 0 Å². The van der Waals surface area contributed by atoms with Gasteiger partial charge in [-0.25, -0.2) is 0 Å². The summed E-state index contributed by atoms with van der Waals surface area (Å²) in [7, 11) is 1.81. The molecule has 1 unspecified atom stereocenters. The third kappa shape index (κ3) is 6.55. The molecule has 3 heteroatoms. The highest BCUT2D eigenvalue weighted by Gasteiger charge is 2.31. The predicted octanol–water partition coefficient (Wildman–Crippen LogP) is 3.77. The third-order valence-electron chi connectivity index (χ3n) is 4.54. The summed E-state index contributed by atoms with van der Waals surface area (Å²) >= 11 is 0. The summed E-state index contributed by atoms with van der Waals surface area (Å²) in [4.78, 5) is 0. The summed E-state index contributed by atoms with van der Waals surface area (Å²) in [5, 5.41) is 3.72. The van der Waals surface area contributed by atoms with E-state index in [1.165, 1.54) is 32.1 Å². The molecule has 1 N–H and O–H groups in total. The largest absolute Gasteiger partial charge is 0.379 e. The zero-order valence-corrected chi connectivity index (χ0v) is 14.2. The van der Waals surface area contributed by atoms with Crippen molar-refractivity contribution >= 4 is 0 Å². The van der Waals surface area contributed by atoms with Crippen LogP contribution < -0.4 is 5.32 Å². The van der Waals surface area contributed by atoms with Gasteiger partial charge in [-0.1, -0.05) is 6.92 Å². The molecular formula is C17H35NO2. The van der Waals surface area contributed by atoms with E-state index >= 15 is 0 Å². The van der Waals surface area contributed by atoms with E-state index in [9.17, 15) is 0 Å². The first-order chi connectivity index (χ1) is 9.50. The van der Waals surface area contributed by atoms with Gasteiger partial charge >= 0.3 is 0 Å². The molecule has 0 aliphatic heterocycles. The fourth-order valence-corrected chi connectivity index (χ4v) is 2.92. The molecule has 1 saturated carbocycles. The Morgan fingerprint density at radius 2 is 1.95 bits per heavy atom. The molecule has 0 saturated heterocycles. The van der Waals surface area contributed by atoms with Crippen LogP contribution in [0.4, 0.5) is 0 Å². The molecule has 1 aliphatic carbocycles. The minimum absolute atomic E-state index is 0.000382. The van der Waals surface area contributed by atoms with Gasteiger partial charge in [-0.3, -0.25) is 0 Å². The fraction of sp³-hybridized carbons (Fsp3) is 1.00. The number of hydrogen-bond donors (Lipinski definition) is 1. The van der Waals surface area contributed by atoms with Gasteiger partial charge in [0.2, 0.25) is 0 Å². The van der Waals surface area contributed by atoms with E-state index in [0.29, 0.717) is 12.1 Å². The normalized spacial score (nSPS) is 24.4. The van der Waals surface area contributed by atoms with Crippen LogP contribution in [0.3, 0.4) is 0 Å². The minimum atomic E-state index is -0.000382. The van der Waals surface area contributed by atoms with Gasteiger partial charge < -0.3 is 14.8 Å². The lowest BCUT2D eigenvalue weighted by molar-refractivity contribution is -0.0308. The van der Waals surface area contributed by atoms with Crippen molar-refractivity contribution in [3.05, 3.63) is 0 Å². The molecule has 3 nitrogen and oxygen atoms in total. The second-order valence-corrected chi connectivity index (χ2v) is 6.80. The zero-order valence-electron chi connectivity index (χ0n) is 14.2. The van der Waals surface area contributed by atoms with Crippen LogP contribution in [0.25, 0.3) is 0 Å². The van der Waals surface area contributed by atoms with Gasteiger partial charge in [-0.05, 0) is 71.8 Å². The van der Waals surface area contributed by atoms with E-state index in [-0.39, 0.29) is 5.60 Å². The maximum absolute atomic E-state index is 5.66. The number of rotatable bonds is 11. The third-order valence-corrected chi connectivity index (χ3v) is 4.54. The lowest BCUT2D eigenvalue weighted by atomic mass is 9.77. The molecular weight excluding hydrogens is 250 g/mol. The lowest BCUT2D eigenvalue weighted by Crippen LogP contribution is -2.39. The van der Waals surface area contributed by atoms with Gasteiger partial charge in [0.15, 0.2) is 0 Å². The van der Waals surface area contributed by atoms with E-state index in [1.807, 2.05) is 7.11 Å². The van der Waals surface area contributed by atoms with Gasteiger partial charge in [0.1, 0.15) is 0 Å². The molecule has 0 spiro atoms. The molecule has 0 aromatic rings. The smallest absolute Gasteiger partial charge is 0.0623 e. The second kappa shape index (κ2) is 9.01. The molecule has 0 heterocycles. The van der Waals surface area contributed by atoms with Crippen LogP contribution in [0.5, 0.6) is 0 Å². The standard InChI is InChI=1S/C17H35NO2/c1-6-10-18-15(8-9-17(3,4)19-5)11-14-12-16(13-14)20-7-2/h14-16,18H,6-13H2,1-5H3. The predicted molar refractivity (Wildman–Crippen MR) is 85.2 cm³/mol. The minimum Gasteiger partial charge on any atom is -0.379 e. The number of nitrogens with one attached hydrogen (secondary N) is 1. The quantitative estimate of drug-likeness (QED) is 0.627. The highest BCUT2D eigenvalue weighted by Crippen LogP contribution is 2.34. The number of methoxy groups -OCH3 is 1. The Bertz CT molecular complexity index is 249. The topological polar surface area (TPSA) is 30.5 Å². The first-order valence-corrected chi connectivity index (χ1v) is 8.40. The Balaban J connectivity index is 2.29. The van der Waals surface area contributed by atoms with E-state index < -0.39 is 0 Å². The molecule has 1 aliphatic rings. The molecule has 20 heavy (non-hydrogen) atoms. The zero-order chi connectivity index (χ0) is 15.0. The second-order valence-electron chi connectivity index (χ2n) is 6.80. The maximum Gasteiger partial charge on any atom is 0.0623 e. The van der Waals surface area contributed by atoms with Crippen molar-refractivity contribution < 1.29 is 9.47 Å². The van der Waals surface area contributed by atoms with Gasteiger partial charge in [-0.15, -0.1) is 0 Å². The Hall–Kier alpha value is -0.120. The van der Waals surface area contributed by atoms with Crippen LogP contribution in [0, 0.1) is 5.92 Å². The molecule has 1 fully saturated rings. The molecule has 0 radical (unpaired) electrons. The summed E-state index contributed by atoms with van der Waals surface area (Å²) in [6.45, 7) is 10.7. The molecule has 0 aromatic carbocycles. The van der Waals surface area contributed by atoms with Gasteiger partial charge in [0, 0.05) is 19.8 Å². The first kappa shape index (κ1) is 17.9. The summed E-state index contributed by atoms with van der Waals surface area (Å²) in [5.41, 5.74) is -0.000382. The van der Waals surface area contributed by atoms with Gasteiger partial charge in [0.25, 0.3) is 0 Å². The highest BCUT2D eigenvalue weighted by atomic mass is 16.5. The summed E-state index contributed by atoms with van der Waals surface area (Å²) in [6.07, 6.45) is 7.87. The Labute approximate surface area is 125 Å². The highest BCUT2D eigenvalue weighted by molar-refractivity contribution is 4.85.